The highest BCUT2D eigenvalue weighted by Gasteiger charge is 2.26. The number of fused-ring (bicyclic) bond motifs is 1. The Morgan fingerprint density at radius 2 is 1.87 bits per heavy atom. The second kappa shape index (κ2) is 8.47. The molecule has 0 saturated carbocycles. The van der Waals surface area contributed by atoms with Gasteiger partial charge in [-0.15, -0.1) is 0 Å². The number of ketones is 1. The molecule has 2 aromatic carbocycles. The van der Waals surface area contributed by atoms with Gasteiger partial charge in [-0.1, -0.05) is 29.8 Å². The van der Waals surface area contributed by atoms with E-state index in [9.17, 15) is 14.4 Å². The Morgan fingerprint density at radius 1 is 1.07 bits per heavy atom. The van der Waals surface area contributed by atoms with Gasteiger partial charge < -0.3 is 10.2 Å². The van der Waals surface area contributed by atoms with Crippen molar-refractivity contribution in [2.24, 2.45) is 0 Å². The number of carbonyl (C=O) groups excluding carboxylic acids is 3. The maximum absolute atomic E-state index is 12.9. The number of nitrogens with zero attached hydrogens (tertiary/aromatic N) is 2. The van der Waals surface area contributed by atoms with Crippen molar-refractivity contribution in [2.45, 2.75) is 13.0 Å². The van der Waals surface area contributed by atoms with E-state index in [1.54, 1.807) is 66.9 Å². The molecule has 1 aliphatic heterocycles. The zero-order chi connectivity index (χ0) is 21.1. The molecule has 30 heavy (non-hydrogen) atoms. The van der Waals surface area contributed by atoms with Gasteiger partial charge in [0.25, 0.3) is 11.8 Å². The molecule has 0 radical (unpaired) electrons. The SMILES string of the molecule is O=C1Cc2cc(Cl)ccc2C(=O)N(Cc2ccc(C(=O)Nc3ccccn3)cc2)C1. The lowest BCUT2D eigenvalue weighted by molar-refractivity contribution is -0.119. The standard InChI is InChI=1S/C23H18ClN3O3/c24-18-8-9-20-17(11-18)12-19(28)14-27(23(20)30)13-15-4-6-16(7-5-15)22(29)26-21-3-1-2-10-25-21/h1-11H,12-14H2,(H,25,26,29). The summed E-state index contributed by atoms with van der Waals surface area (Å²) in [5.41, 5.74) is 2.45. The lowest BCUT2D eigenvalue weighted by Crippen LogP contribution is -2.33. The van der Waals surface area contributed by atoms with Crippen LogP contribution in [-0.2, 0) is 17.8 Å². The van der Waals surface area contributed by atoms with Crippen molar-refractivity contribution in [3.63, 3.8) is 0 Å². The molecule has 0 saturated heterocycles. The van der Waals surface area contributed by atoms with E-state index >= 15 is 0 Å². The Labute approximate surface area is 178 Å². The molecule has 150 valence electrons. The predicted octanol–water partition coefficient (Wildman–Crippen LogP) is 3.75. The summed E-state index contributed by atoms with van der Waals surface area (Å²) >= 11 is 6.01. The second-order valence-corrected chi connectivity index (χ2v) is 7.48. The van der Waals surface area contributed by atoms with Gasteiger partial charge in [-0.3, -0.25) is 14.4 Å². The van der Waals surface area contributed by atoms with E-state index in [-0.39, 0.29) is 37.1 Å². The van der Waals surface area contributed by atoms with Crippen molar-refractivity contribution >= 4 is 35.0 Å². The summed E-state index contributed by atoms with van der Waals surface area (Å²) in [5.74, 6) is -0.0497. The first-order valence-electron chi connectivity index (χ1n) is 9.40. The zero-order valence-electron chi connectivity index (χ0n) is 16.0. The lowest BCUT2D eigenvalue weighted by Gasteiger charge is -2.20. The molecule has 7 heteroatoms. The fourth-order valence-electron chi connectivity index (χ4n) is 3.38. The molecule has 1 aliphatic rings. The van der Waals surface area contributed by atoms with Crippen LogP contribution in [0.2, 0.25) is 5.02 Å². The number of amides is 2. The molecule has 0 bridgehead atoms. The molecule has 3 aromatic rings. The highest BCUT2D eigenvalue weighted by molar-refractivity contribution is 6.30. The summed E-state index contributed by atoms with van der Waals surface area (Å²) < 4.78 is 0. The first-order valence-corrected chi connectivity index (χ1v) is 9.78. The number of halogens is 1. The lowest BCUT2D eigenvalue weighted by atomic mass is 10.0. The third kappa shape index (κ3) is 4.39. The average molecular weight is 420 g/mol. The van der Waals surface area contributed by atoms with Crippen molar-refractivity contribution in [1.82, 2.24) is 9.88 Å². The van der Waals surface area contributed by atoms with Crippen LogP contribution >= 0.6 is 11.6 Å². The van der Waals surface area contributed by atoms with Crippen molar-refractivity contribution in [1.29, 1.82) is 0 Å². The molecule has 0 atom stereocenters. The summed E-state index contributed by atoms with van der Waals surface area (Å²) in [6.45, 7) is 0.307. The van der Waals surface area contributed by atoms with Gasteiger partial charge in [-0.25, -0.2) is 4.98 Å². The molecule has 0 unspecified atom stereocenters. The minimum absolute atomic E-state index is 0.0348. The van der Waals surface area contributed by atoms with Gasteiger partial charge in [0.05, 0.1) is 6.54 Å². The number of rotatable bonds is 4. The van der Waals surface area contributed by atoms with Gasteiger partial charge in [0.15, 0.2) is 5.78 Å². The number of hydrogen-bond acceptors (Lipinski definition) is 4. The van der Waals surface area contributed by atoms with Gasteiger partial charge in [0.2, 0.25) is 0 Å². The van der Waals surface area contributed by atoms with Gasteiger partial charge in [-0.2, -0.15) is 0 Å². The Hall–Kier alpha value is -3.51. The number of benzene rings is 2. The summed E-state index contributed by atoms with van der Waals surface area (Å²) in [4.78, 5) is 43.2. The van der Waals surface area contributed by atoms with E-state index in [0.717, 1.165) is 5.56 Å². The van der Waals surface area contributed by atoms with E-state index in [0.29, 0.717) is 27.5 Å². The Balaban J connectivity index is 1.48. The Morgan fingerprint density at radius 3 is 2.60 bits per heavy atom. The molecule has 2 amide bonds. The van der Waals surface area contributed by atoms with E-state index in [1.807, 2.05) is 0 Å². The fourth-order valence-corrected chi connectivity index (χ4v) is 3.57. The van der Waals surface area contributed by atoms with E-state index in [1.165, 1.54) is 4.90 Å². The molecule has 2 heterocycles. The molecule has 1 N–H and O–H groups in total. The number of Topliss-reactive ketones (excluding diaryl/α,β-unsaturated/α-hetero) is 1. The summed E-state index contributed by atoms with van der Waals surface area (Å²) in [6, 6.07) is 17.2. The third-order valence-corrected chi connectivity index (χ3v) is 5.07. The number of pyridine rings is 1. The third-order valence-electron chi connectivity index (χ3n) is 4.84. The highest BCUT2D eigenvalue weighted by Crippen LogP contribution is 2.22. The van der Waals surface area contributed by atoms with Gasteiger partial charge in [-0.05, 0) is 53.6 Å². The Kier molecular flexibility index (Phi) is 5.59. The van der Waals surface area contributed by atoms with Crippen LogP contribution in [0.4, 0.5) is 5.82 Å². The van der Waals surface area contributed by atoms with Gasteiger partial charge in [0.1, 0.15) is 5.82 Å². The molecule has 6 nitrogen and oxygen atoms in total. The number of hydrogen-bond donors (Lipinski definition) is 1. The van der Waals surface area contributed by atoms with E-state index in [2.05, 4.69) is 10.3 Å². The van der Waals surface area contributed by atoms with Crippen LogP contribution in [0.3, 0.4) is 0 Å². The van der Waals surface area contributed by atoms with Crippen molar-refractivity contribution in [3.8, 4) is 0 Å². The normalized spacial score (nSPS) is 13.6. The molecular formula is C23H18ClN3O3. The van der Waals surface area contributed by atoms with Crippen molar-refractivity contribution in [2.75, 3.05) is 11.9 Å². The zero-order valence-corrected chi connectivity index (χ0v) is 16.7. The van der Waals surface area contributed by atoms with Crippen LogP contribution in [-0.4, -0.2) is 34.0 Å². The Bertz CT molecular complexity index is 1110. The molecular weight excluding hydrogens is 402 g/mol. The van der Waals surface area contributed by atoms with Crippen LogP contribution in [0.25, 0.3) is 0 Å². The summed E-state index contributed by atoms with van der Waals surface area (Å²) in [6.07, 6.45) is 1.79. The largest absolute Gasteiger partial charge is 0.327 e. The van der Waals surface area contributed by atoms with E-state index in [4.69, 9.17) is 11.6 Å². The maximum Gasteiger partial charge on any atom is 0.256 e. The van der Waals surface area contributed by atoms with Crippen LogP contribution in [0.15, 0.2) is 66.9 Å². The second-order valence-electron chi connectivity index (χ2n) is 7.04. The number of anilines is 1. The minimum Gasteiger partial charge on any atom is -0.327 e. The van der Waals surface area contributed by atoms with Gasteiger partial charge >= 0.3 is 0 Å². The van der Waals surface area contributed by atoms with Crippen molar-refractivity contribution < 1.29 is 14.4 Å². The summed E-state index contributed by atoms with van der Waals surface area (Å²) in [7, 11) is 0. The summed E-state index contributed by atoms with van der Waals surface area (Å²) in [5, 5.41) is 3.23. The smallest absolute Gasteiger partial charge is 0.256 e. The number of nitrogens with one attached hydrogen (secondary N) is 1. The molecule has 0 fully saturated rings. The first-order chi connectivity index (χ1) is 14.5. The molecule has 1 aromatic heterocycles. The topological polar surface area (TPSA) is 79.4 Å². The molecule has 0 aliphatic carbocycles. The quantitative estimate of drug-likeness (QED) is 0.698. The van der Waals surface area contributed by atoms with E-state index < -0.39 is 0 Å². The molecule has 4 rings (SSSR count). The molecule has 0 spiro atoms. The predicted molar refractivity (Wildman–Crippen MR) is 114 cm³/mol. The fraction of sp³-hybridized carbons (Fsp3) is 0.130. The van der Waals surface area contributed by atoms with Gasteiger partial charge in [0, 0.05) is 35.3 Å². The maximum atomic E-state index is 12.9. The first kappa shape index (κ1) is 19.8. The number of carbonyl (C=O) groups is 3. The number of aromatic nitrogens is 1. The van der Waals surface area contributed by atoms with Crippen LogP contribution in [0, 0.1) is 0 Å². The minimum atomic E-state index is -0.271. The van der Waals surface area contributed by atoms with Crippen molar-refractivity contribution in [3.05, 3.63) is 94.1 Å². The van der Waals surface area contributed by atoms with Crippen LogP contribution in [0.1, 0.15) is 31.8 Å². The average Bonchev–Trinajstić information content (AvgIpc) is 2.85. The highest BCUT2D eigenvalue weighted by atomic mass is 35.5. The van der Waals surface area contributed by atoms with Crippen LogP contribution in [0.5, 0.6) is 0 Å². The van der Waals surface area contributed by atoms with Crippen LogP contribution < -0.4 is 5.32 Å². The monoisotopic (exact) mass is 419 g/mol.